The van der Waals surface area contributed by atoms with Crippen LogP contribution in [0.4, 0.5) is 20.8 Å². The van der Waals surface area contributed by atoms with E-state index < -0.39 is 11.4 Å². The summed E-state index contributed by atoms with van der Waals surface area (Å²) >= 11 is 1.54. The standard InChI is InChI=1S/C29H36FN9O3S/c1-18(2)41-24-23(19-13-32-33-14-19)31-17-39-25(24)35-26(36-39)34-22-7-6-20(12-21(22)30)43-38-11-9-29(16-38)8-10-37(15-29)27(40)42-28(3,4)5/h6-7,12-14,17-18H,8-11,15-16H2,1-5H3,(H,32,33)(H,34,36). The number of likely N-dealkylation sites (tertiary alicyclic amines) is 1. The number of benzene rings is 1. The van der Waals surface area contributed by atoms with Crippen LogP contribution in [0.5, 0.6) is 5.75 Å². The summed E-state index contributed by atoms with van der Waals surface area (Å²) in [6.07, 6.45) is 6.47. The first-order valence-corrected chi connectivity index (χ1v) is 15.1. The minimum absolute atomic E-state index is 0.0449. The zero-order valence-corrected chi connectivity index (χ0v) is 25.7. The van der Waals surface area contributed by atoms with Crippen LogP contribution in [0.15, 0.2) is 41.8 Å². The van der Waals surface area contributed by atoms with Crippen molar-refractivity contribution >= 4 is 35.3 Å². The molecule has 0 aliphatic carbocycles. The number of ether oxygens (including phenoxy) is 2. The first-order valence-electron chi connectivity index (χ1n) is 14.4. The van der Waals surface area contributed by atoms with Crippen LogP contribution in [0.25, 0.3) is 16.9 Å². The Morgan fingerprint density at radius 3 is 2.74 bits per heavy atom. The Bertz CT molecular complexity index is 1620. The van der Waals surface area contributed by atoms with Crippen LogP contribution in [0.1, 0.15) is 47.5 Å². The van der Waals surface area contributed by atoms with E-state index in [2.05, 4.69) is 34.9 Å². The van der Waals surface area contributed by atoms with Crippen LogP contribution in [0.3, 0.4) is 0 Å². The van der Waals surface area contributed by atoms with Crippen LogP contribution < -0.4 is 10.1 Å². The fraction of sp³-hybridized carbons (Fsp3) is 0.483. The first-order chi connectivity index (χ1) is 20.5. The lowest BCUT2D eigenvalue weighted by Gasteiger charge is -2.27. The van der Waals surface area contributed by atoms with Gasteiger partial charge in [-0.1, -0.05) is 0 Å². The molecular weight excluding hydrogens is 573 g/mol. The number of amides is 1. The summed E-state index contributed by atoms with van der Waals surface area (Å²) in [5, 5.41) is 14.2. The number of hydrogen-bond acceptors (Lipinski definition) is 10. The molecule has 1 amide bonds. The summed E-state index contributed by atoms with van der Waals surface area (Å²) in [6.45, 7) is 12.6. The number of carbonyl (C=O) groups excluding carboxylic acids is 1. The summed E-state index contributed by atoms with van der Waals surface area (Å²) in [7, 11) is 0. The van der Waals surface area contributed by atoms with E-state index >= 15 is 4.39 Å². The van der Waals surface area contributed by atoms with E-state index in [9.17, 15) is 4.79 Å². The molecule has 0 saturated carbocycles. The van der Waals surface area contributed by atoms with Crippen molar-refractivity contribution in [2.75, 3.05) is 31.5 Å². The van der Waals surface area contributed by atoms with Gasteiger partial charge in [-0.3, -0.25) is 5.10 Å². The van der Waals surface area contributed by atoms with Gasteiger partial charge in [0.2, 0.25) is 11.6 Å². The van der Waals surface area contributed by atoms with Crippen LogP contribution in [0.2, 0.25) is 0 Å². The number of nitrogens with zero attached hydrogens (tertiary/aromatic N) is 7. The molecule has 1 spiro atoms. The predicted octanol–water partition coefficient (Wildman–Crippen LogP) is 5.52. The quantitative estimate of drug-likeness (QED) is 0.259. The molecule has 14 heteroatoms. The van der Waals surface area contributed by atoms with E-state index in [1.54, 1.807) is 24.8 Å². The molecule has 3 aromatic heterocycles. The molecule has 43 heavy (non-hydrogen) atoms. The number of fused-ring (bicyclic) bond motifs is 1. The van der Waals surface area contributed by atoms with Gasteiger partial charge in [0, 0.05) is 48.2 Å². The molecule has 4 aromatic rings. The molecule has 2 N–H and O–H groups in total. The lowest BCUT2D eigenvalue weighted by atomic mass is 9.87. The average Bonchev–Trinajstić information content (AvgIpc) is 3.73. The normalized spacial score (nSPS) is 19.2. The Kier molecular flexibility index (Phi) is 7.67. The number of nitrogens with one attached hydrogen (secondary N) is 2. The molecule has 1 unspecified atom stereocenters. The minimum Gasteiger partial charge on any atom is -0.485 e. The fourth-order valence-electron chi connectivity index (χ4n) is 5.46. The van der Waals surface area contributed by atoms with Gasteiger partial charge in [-0.25, -0.2) is 18.5 Å². The van der Waals surface area contributed by atoms with Gasteiger partial charge in [-0.05, 0) is 77.6 Å². The van der Waals surface area contributed by atoms with Gasteiger partial charge >= 0.3 is 6.09 Å². The summed E-state index contributed by atoms with van der Waals surface area (Å²) < 4.78 is 30.7. The molecule has 2 saturated heterocycles. The molecule has 2 aliphatic rings. The maximum absolute atomic E-state index is 15.3. The van der Waals surface area contributed by atoms with E-state index in [0.29, 0.717) is 30.2 Å². The highest BCUT2D eigenvalue weighted by Crippen LogP contribution is 2.43. The largest absolute Gasteiger partial charge is 0.485 e. The molecule has 6 rings (SSSR count). The van der Waals surface area contributed by atoms with E-state index in [4.69, 9.17) is 9.47 Å². The van der Waals surface area contributed by atoms with Gasteiger partial charge in [0.25, 0.3) is 0 Å². The molecule has 12 nitrogen and oxygen atoms in total. The number of rotatable bonds is 7. The van der Waals surface area contributed by atoms with Crippen molar-refractivity contribution in [1.29, 1.82) is 0 Å². The van der Waals surface area contributed by atoms with E-state index in [1.807, 2.05) is 45.6 Å². The van der Waals surface area contributed by atoms with E-state index in [0.717, 1.165) is 36.4 Å². The Balaban J connectivity index is 1.12. The second kappa shape index (κ2) is 11.3. The molecule has 5 heterocycles. The van der Waals surface area contributed by atoms with Crippen molar-refractivity contribution in [3.8, 4) is 17.0 Å². The van der Waals surface area contributed by atoms with Crippen molar-refractivity contribution < 1.29 is 18.7 Å². The Labute approximate surface area is 253 Å². The lowest BCUT2D eigenvalue weighted by Crippen LogP contribution is -2.37. The van der Waals surface area contributed by atoms with Gasteiger partial charge in [0.15, 0.2) is 5.75 Å². The zero-order valence-electron chi connectivity index (χ0n) is 24.9. The smallest absolute Gasteiger partial charge is 0.410 e. The van der Waals surface area contributed by atoms with Crippen LogP contribution in [0, 0.1) is 11.2 Å². The number of anilines is 2. The first kappa shape index (κ1) is 29.2. The highest BCUT2D eigenvalue weighted by Gasteiger charge is 2.45. The SMILES string of the molecule is CC(C)Oc1c(-c2cn[nH]c2)ncn2nc(Nc3ccc(SN4CCC5(CCN(C(=O)OC(C)(C)C)C5)C4)cc3F)nc12. The molecule has 228 valence electrons. The van der Waals surface area contributed by atoms with Gasteiger partial charge in [0.1, 0.15) is 23.4 Å². The molecule has 2 fully saturated rings. The minimum atomic E-state index is -0.511. The molecule has 0 bridgehead atoms. The molecule has 2 aliphatic heterocycles. The third-order valence-electron chi connectivity index (χ3n) is 7.39. The van der Waals surface area contributed by atoms with Crippen LogP contribution in [-0.4, -0.2) is 83.0 Å². The molecule has 0 radical (unpaired) electrons. The van der Waals surface area contributed by atoms with Crippen molar-refractivity contribution in [3.05, 3.63) is 42.7 Å². The fourth-order valence-corrected chi connectivity index (χ4v) is 6.57. The van der Waals surface area contributed by atoms with Crippen molar-refractivity contribution in [2.45, 2.75) is 64.1 Å². The monoisotopic (exact) mass is 609 g/mol. The molecule has 1 atom stereocenters. The Hall–Kier alpha value is -3.91. The highest BCUT2D eigenvalue weighted by atomic mass is 32.2. The van der Waals surface area contributed by atoms with Crippen molar-refractivity contribution in [1.82, 2.24) is 39.0 Å². The maximum atomic E-state index is 15.3. The summed E-state index contributed by atoms with van der Waals surface area (Å²) in [5.74, 6) is 0.272. The summed E-state index contributed by atoms with van der Waals surface area (Å²) in [6, 6.07) is 5.08. The van der Waals surface area contributed by atoms with E-state index in [-0.39, 0.29) is 29.2 Å². The van der Waals surface area contributed by atoms with E-state index in [1.165, 1.54) is 22.5 Å². The molecular formula is C29H36FN9O3S. The third kappa shape index (κ3) is 6.39. The van der Waals surface area contributed by atoms with Crippen molar-refractivity contribution in [3.63, 3.8) is 0 Å². The number of hydrogen-bond donors (Lipinski definition) is 2. The number of H-pyrrole nitrogens is 1. The molecule has 1 aromatic carbocycles. The summed E-state index contributed by atoms with van der Waals surface area (Å²) in [5.41, 5.74) is 1.59. The second-order valence-electron chi connectivity index (χ2n) is 12.4. The lowest BCUT2D eigenvalue weighted by molar-refractivity contribution is 0.0275. The third-order valence-corrected chi connectivity index (χ3v) is 8.42. The number of aromatic amines is 1. The van der Waals surface area contributed by atoms with Gasteiger partial charge in [0.05, 0.1) is 18.0 Å². The van der Waals surface area contributed by atoms with Crippen molar-refractivity contribution in [2.24, 2.45) is 5.41 Å². The predicted molar refractivity (Wildman–Crippen MR) is 161 cm³/mol. The van der Waals surface area contributed by atoms with Gasteiger partial charge in [-0.2, -0.15) is 14.6 Å². The average molecular weight is 610 g/mol. The topological polar surface area (TPSA) is 126 Å². The van der Waals surface area contributed by atoms with Crippen LogP contribution in [-0.2, 0) is 4.74 Å². The van der Waals surface area contributed by atoms with Gasteiger partial charge < -0.3 is 19.7 Å². The number of halogens is 1. The zero-order chi connectivity index (χ0) is 30.4. The van der Waals surface area contributed by atoms with Crippen LogP contribution >= 0.6 is 11.9 Å². The maximum Gasteiger partial charge on any atom is 0.410 e. The second-order valence-corrected chi connectivity index (χ2v) is 13.6. The number of carbonyl (C=O) groups is 1. The Morgan fingerprint density at radius 1 is 1.21 bits per heavy atom. The highest BCUT2D eigenvalue weighted by molar-refractivity contribution is 7.97. The number of aromatic nitrogens is 6. The summed E-state index contributed by atoms with van der Waals surface area (Å²) in [4.78, 5) is 24.3. The van der Waals surface area contributed by atoms with Gasteiger partial charge in [-0.15, -0.1) is 5.10 Å². The Morgan fingerprint density at radius 2 is 2.02 bits per heavy atom.